The van der Waals surface area contributed by atoms with Crippen LogP contribution < -0.4 is 10.6 Å². The molecule has 0 aliphatic heterocycles. The van der Waals surface area contributed by atoms with Crippen molar-refractivity contribution >= 4 is 5.96 Å². The standard InChI is InChI=1S/C16H27N3/c1-5-17-15(19-16(2,3)4)18-13-9-12-14-10-7-6-8-11-14/h6-8,10-11H,5,9,12-13H2,1-4H3,(H2,17,18,19). The lowest BCUT2D eigenvalue weighted by molar-refractivity contribution is 0.501. The Hall–Kier alpha value is -1.51. The van der Waals surface area contributed by atoms with E-state index in [-0.39, 0.29) is 5.54 Å². The average Bonchev–Trinajstić information content (AvgIpc) is 2.34. The first kappa shape index (κ1) is 15.5. The van der Waals surface area contributed by atoms with Crippen LogP contribution >= 0.6 is 0 Å². The maximum atomic E-state index is 4.61. The Morgan fingerprint density at radius 1 is 1.16 bits per heavy atom. The van der Waals surface area contributed by atoms with Gasteiger partial charge >= 0.3 is 0 Å². The second kappa shape index (κ2) is 7.82. The molecule has 0 fully saturated rings. The molecular weight excluding hydrogens is 234 g/mol. The van der Waals surface area contributed by atoms with E-state index in [0.717, 1.165) is 31.9 Å². The number of nitrogens with zero attached hydrogens (tertiary/aromatic N) is 1. The molecule has 0 spiro atoms. The Labute approximate surface area is 117 Å². The third kappa shape index (κ3) is 7.50. The maximum absolute atomic E-state index is 4.61. The van der Waals surface area contributed by atoms with E-state index in [1.165, 1.54) is 5.56 Å². The van der Waals surface area contributed by atoms with Crippen molar-refractivity contribution in [2.75, 3.05) is 13.1 Å². The second-order valence-corrected chi connectivity index (χ2v) is 5.72. The molecular formula is C16H27N3. The van der Waals surface area contributed by atoms with E-state index in [0.29, 0.717) is 0 Å². The maximum Gasteiger partial charge on any atom is 0.191 e. The molecule has 0 atom stereocenters. The largest absolute Gasteiger partial charge is 0.357 e. The third-order valence-corrected chi connectivity index (χ3v) is 2.57. The quantitative estimate of drug-likeness (QED) is 0.486. The van der Waals surface area contributed by atoms with Crippen LogP contribution in [0.5, 0.6) is 0 Å². The fourth-order valence-electron chi connectivity index (χ4n) is 1.78. The van der Waals surface area contributed by atoms with Crippen molar-refractivity contribution in [3.8, 4) is 0 Å². The second-order valence-electron chi connectivity index (χ2n) is 5.72. The van der Waals surface area contributed by atoms with Crippen LogP contribution in [0.15, 0.2) is 35.3 Å². The van der Waals surface area contributed by atoms with Crippen molar-refractivity contribution in [1.29, 1.82) is 0 Å². The molecule has 0 bridgehead atoms. The van der Waals surface area contributed by atoms with Crippen LogP contribution in [0.1, 0.15) is 39.7 Å². The zero-order valence-corrected chi connectivity index (χ0v) is 12.7. The highest BCUT2D eigenvalue weighted by atomic mass is 15.2. The minimum absolute atomic E-state index is 0.0421. The first-order valence-electron chi connectivity index (χ1n) is 7.11. The molecule has 0 saturated heterocycles. The van der Waals surface area contributed by atoms with Gasteiger partial charge in [-0.15, -0.1) is 0 Å². The highest BCUT2D eigenvalue weighted by Gasteiger charge is 2.11. The Morgan fingerprint density at radius 3 is 2.42 bits per heavy atom. The van der Waals surface area contributed by atoms with Gasteiger partial charge in [0.1, 0.15) is 0 Å². The number of hydrogen-bond donors (Lipinski definition) is 2. The Balaban J connectivity index is 2.39. The van der Waals surface area contributed by atoms with Crippen LogP contribution in [0.3, 0.4) is 0 Å². The van der Waals surface area contributed by atoms with Crippen LogP contribution in [0.2, 0.25) is 0 Å². The van der Waals surface area contributed by atoms with Crippen molar-refractivity contribution in [3.05, 3.63) is 35.9 Å². The van der Waals surface area contributed by atoms with Crippen LogP contribution in [-0.4, -0.2) is 24.6 Å². The molecule has 1 rings (SSSR count). The molecule has 106 valence electrons. The fraction of sp³-hybridized carbons (Fsp3) is 0.562. The first-order valence-corrected chi connectivity index (χ1v) is 7.11. The molecule has 0 saturated carbocycles. The van der Waals surface area contributed by atoms with Crippen LogP contribution in [-0.2, 0) is 6.42 Å². The summed E-state index contributed by atoms with van der Waals surface area (Å²) in [4.78, 5) is 4.61. The summed E-state index contributed by atoms with van der Waals surface area (Å²) in [6, 6.07) is 10.6. The minimum Gasteiger partial charge on any atom is -0.357 e. The molecule has 1 aromatic rings. The molecule has 0 aliphatic rings. The number of guanidine groups is 1. The van der Waals surface area contributed by atoms with Crippen molar-refractivity contribution < 1.29 is 0 Å². The summed E-state index contributed by atoms with van der Waals surface area (Å²) in [6.07, 6.45) is 2.16. The van der Waals surface area contributed by atoms with E-state index in [9.17, 15) is 0 Å². The van der Waals surface area contributed by atoms with E-state index >= 15 is 0 Å². The summed E-state index contributed by atoms with van der Waals surface area (Å²) in [5.41, 5.74) is 1.42. The van der Waals surface area contributed by atoms with Gasteiger partial charge in [-0.25, -0.2) is 0 Å². The summed E-state index contributed by atoms with van der Waals surface area (Å²) in [5.74, 6) is 0.906. The SMILES string of the molecule is CCNC(=NCCCc1ccccc1)NC(C)(C)C. The topological polar surface area (TPSA) is 36.4 Å². The first-order chi connectivity index (χ1) is 9.01. The Kier molecular flexibility index (Phi) is 6.40. The average molecular weight is 261 g/mol. The van der Waals surface area contributed by atoms with E-state index in [4.69, 9.17) is 0 Å². The van der Waals surface area contributed by atoms with Crippen molar-refractivity contribution in [2.24, 2.45) is 4.99 Å². The van der Waals surface area contributed by atoms with Gasteiger partial charge in [-0.2, -0.15) is 0 Å². The summed E-state index contributed by atoms with van der Waals surface area (Å²) in [5, 5.41) is 6.67. The highest BCUT2D eigenvalue weighted by molar-refractivity contribution is 5.80. The number of nitrogens with one attached hydrogen (secondary N) is 2. The smallest absolute Gasteiger partial charge is 0.191 e. The van der Waals surface area contributed by atoms with E-state index in [2.05, 4.69) is 73.7 Å². The highest BCUT2D eigenvalue weighted by Crippen LogP contribution is 2.02. The van der Waals surface area contributed by atoms with Gasteiger partial charge in [0.2, 0.25) is 0 Å². The van der Waals surface area contributed by atoms with E-state index in [1.807, 2.05) is 0 Å². The monoisotopic (exact) mass is 261 g/mol. The summed E-state index contributed by atoms with van der Waals surface area (Å²) in [6.45, 7) is 10.3. The molecule has 2 N–H and O–H groups in total. The number of aliphatic imine (C=N–C) groups is 1. The van der Waals surface area contributed by atoms with Crippen LogP contribution in [0.25, 0.3) is 0 Å². The summed E-state index contributed by atoms with van der Waals surface area (Å²) < 4.78 is 0. The zero-order valence-electron chi connectivity index (χ0n) is 12.7. The molecule has 19 heavy (non-hydrogen) atoms. The molecule has 0 aliphatic carbocycles. The van der Waals surface area contributed by atoms with Gasteiger partial charge in [0.05, 0.1) is 0 Å². The van der Waals surface area contributed by atoms with Crippen molar-refractivity contribution in [3.63, 3.8) is 0 Å². The summed E-state index contributed by atoms with van der Waals surface area (Å²) >= 11 is 0. The zero-order chi connectivity index (χ0) is 14.1. The van der Waals surface area contributed by atoms with Crippen molar-refractivity contribution in [1.82, 2.24) is 10.6 Å². The molecule has 0 aromatic heterocycles. The predicted molar refractivity (Wildman–Crippen MR) is 83.6 cm³/mol. The predicted octanol–water partition coefficient (Wildman–Crippen LogP) is 2.97. The van der Waals surface area contributed by atoms with Gasteiger partial charge in [0, 0.05) is 18.6 Å². The number of aryl methyl sites for hydroxylation is 1. The lowest BCUT2D eigenvalue weighted by atomic mass is 10.1. The normalized spacial score (nSPS) is 12.3. The minimum atomic E-state index is 0.0421. The molecule has 0 heterocycles. The van der Waals surface area contributed by atoms with Gasteiger partial charge in [0.25, 0.3) is 0 Å². The number of benzene rings is 1. The Morgan fingerprint density at radius 2 is 1.84 bits per heavy atom. The van der Waals surface area contributed by atoms with Crippen LogP contribution in [0, 0.1) is 0 Å². The fourth-order valence-corrected chi connectivity index (χ4v) is 1.78. The van der Waals surface area contributed by atoms with E-state index < -0.39 is 0 Å². The van der Waals surface area contributed by atoms with Gasteiger partial charge in [-0.05, 0) is 46.1 Å². The van der Waals surface area contributed by atoms with Crippen molar-refractivity contribution in [2.45, 2.75) is 46.1 Å². The molecule has 1 aromatic carbocycles. The number of rotatable bonds is 5. The molecule has 3 nitrogen and oxygen atoms in total. The molecule has 0 amide bonds. The lowest BCUT2D eigenvalue weighted by Crippen LogP contribution is -2.47. The number of hydrogen-bond acceptors (Lipinski definition) is 1. The molecule has 0 radical (unpaired) electrons. The Bertz CT molecular complexity index is 377. The lowest BCUT2D eigenvalue weighted by Gasteiger charge is -2.23. The van der Waals surface area contributed by atoms with Crippen LogP contribution in [0.4, 0.5) is 0 Å². The third-order valence-electron chi connectivity index (χ3n) is 2.57. The van der Waals surface area contributed by atoms with Gasteiger partial charge in [0.15, 0.2) is 5.96 Å². The summed E-state index contributed by atoms with van der Waals surface area (Å²) in [7, 11) is 0. The van der Waals surface area contributed by atoms with Gasteiger partial charge in [-0.3, -0.25) is 4.99 Å². The van der Waals surface area contributed by atoms with Gasteiger partial charge < -0.3 is 10.6 Å². The van der Waals surface area contributed by atoms with E-state index in [1.54, 1.807) is 0 Å². The van der Waals surface area contributed by atoms with Gasteiger partial charge in [-0.1, -0.05) is 30.3 Å². The molecule has 0 unspecified atom stereocenters. The molecule has 3 heteroatoms.